The molecule has 1 heterocycles. The average molecular weight is 240 g/mol. The predicted octanol–water partition coefficient (Wildman–Crippen LogP) is 1.75. The monoisotopic (exact) mass is 240 g/mol. The quantitative estimate of drug-likeness (QED) is 0.851. The molecule has 1 rings (SSSR count). The molecular weight excluding hydrogens is 216 g/mol. The largest absolute Gasteiger partial charge is 0.379 e. The highest BCUT2D eigenvalue weighted by atomic mass is 16.5. The van der Waals surface area contributed by atoms with Gasteiger partial charge in [0.05, 0.1) is 24.0 Å². The van der Waals surface area contributed by atoms with Crippen LogP contribution < -0.4 is 5.73 Å². The fraction of sp³-hybridized carbons (Fsp3) is 0.833. The first-order chi connectivity index (χ1) is 7.91. The lowest BCUT2D eigenvalue weighted by molar-refractivity contribution is -0.00432. The first-order valence-corrected chi connectivity index (χ1v) is 6.08. The first kappa shape index (κ1) is 14.1. The molecule has 0 amide bonds. The van der Waals surface area contributed by atoms with Gasteiger partial charge in [0.2, 0.25) is 0 Å². The summed E-state index contributed by atoms with van der Waals surface area (Å²) in [4.78, 5) is 0. The van der Waals surface area contributed by atoms with Crippen molar-refractivity contribution in [2.75, 3.05) is 7.11 Å². The van der Waals surface area contributed by atoms with Crippen molar-refractivity contribution in [3.63, 3.8) is 0 Å². The van der Waals surface area contributed by atoms with Gasteiger partial charge in [-0.2, -0.15) is 0 Å². The minimum Gasteiger partial charge on any atom is -0.379 e. The number of rotatable bonds is 5. The van der Waals surface area contributed by atoms with Crippen LogP contribution in [0.1, 0.15) is 45.9 Å². The zero-order chi connectivity index (χ0) is 13.1. The van der Waals surface area contributed by atoms with Crippen LogP contribution in [0.2, 0.25) is 0 Å². The fourth-order valence-electron chi connectivity index (χ4n) is 2.10. The maximum atomic E-state index is 6.29. The molecule has 5 heteroatoms. The molecule has 2 N–H and O–H groups in total. The van der Waals surface area contributed by atoms with Crippen LogP contribution in [0.25, 0.3) is 0 Å². The molecule has 1 aromatic heterocycles. The van der Waals surface area contributed by atoms with Gasteiger partial charge in [0, 0.05) is 13.7 Å². The summed E-state index contributed by atoms with van der Waals surface area (Å²) in [5.41, 5.74) is 7.21. The molecule has 1 aromatic rings. The van der Waals surface area contributed by atoms with E-state index in [9.17, 15) is 0 Å². The number of ether oxygens (including phenoxy) is 1. The Morgan fingerprint density at radius 2 is 2.12 bits per heavy atom. The second-order valence-electron chi connectivity index (χ2n) is 5.43. The van der Waals surface area contributed by atoms with E-state index < -0.39 is 0 Å². The lowest BCUT2D eigenvalue weighted by Crippen LogP contribution is -2.39. The summed E-state index contributed by atoms with van der Waals surface area (Å²) in [6.07, 6.45) is 2.69. The number of hydrogen-bond donors (Lipinski definition) is 1. The van der Waals surface area contributed by atoms with Crippen molar-refractivity contribution in [2.45, 2.75) is 52.8 Å². The highest BCUT2D eigenvalue weighted by Crippen LogP contribution is 2.30. The van der Waals surface area contributed by atoms with Crippen molar-refractivity contribution >= 4 is 0 Å². The number of methoxy groups -OCH3 is 1. The molecule has 0 fully saturated rings. The van der Waals surface area contributed by atoms with Crippen LogP contribution in [-0.2, 0) is 11.3 Å². The van der Waals surface area contributed by atoms with Crippen LogP contribution >= 0.6 is 0 Å². The Balaban J connectivity index is 2.93. The molecule has 0 aliphatic rings. The molecule has 0 bridgehead atoms. The highest BCUT2D eigenvalue weighted by molar-refractivity contribution is 5.06. The Morgan fingerprint density at radius 1 is 1.47 bits per heavy atom. The Hall–Kier alpha value is -0.940. The van der Waals surface area contributed by atoms with E-state index in [-0.39, 0.29) is 17.6 Å². The van der Waals surface area contributed by atoms with Crippen molar-refractivity contribution in [1.29, 1.82) is 0 Å². The third-order valence-corrected chi connectivity index (χ3v) is 2.86. The van der Waals surface area contributed by atoms with E-state index in [1.807, 2.05) is 4.68 Å². The Bertz CT molecular complexity index is 343. The molecule has 2 unspecified atom stereocenters. The molecule has 98 valence electrons. The molecule has 0 aromatic carbocycles. The number of nitrogens with zero attached hydrogens (tertiary/aromatic N) is 3. The molecule has 5 nitrogen and oxygen atoms in total. The Labute approximate surface area is 103 Å². The van der Waals surface area contributed by atoms with Gasteiger partial charge < -0.3 is 10.5 Å². The zero-order valence-corrected chi connectivity index (χ0v) is 11.5. The van der Waals surface area contributed by atoms with Crippen molar-refractivity contribution in [3.05, 3.63) is 11.9 Å². The van der Waals surface area contributed by atoms with Gasteiger partial charge in [-0.1, -0.05) is 32.9 Å². The number of aromatic nitrogens is 3. The Morgan fingerprint density at radius 3 is 2.59 bits per heavy atom. The first-order valence-electron chi connectivity index (χ1n) is 6.08. The van der Waals surface area contributed by atoms with Crippen molar-refractivity contribution < 1.29 is 4.74 Å². The van der Waals surface area contributed by atoms with Crippen LogP contribution in [0, 0.1) is 5.41 Å². The molecule has 0 aliphatic heterocycles. The summed E-state index contributed by atoms with van der Waals surface area (Å²) in [7, 11) is 1.70. The average Bonchev–Trinajstić information content (AvgIpc) is 2.65. The maximum Gasteiger partial charge on any atom is 0.0827 e. The molecule has 0 saturated carbocycles. The molecule has 0 aliphatic carbocycles. The topological polar surface area (TPSA) is 66.0 Å². The third kappa shape index (κ3) is 3.26. The van der Waals surface area contributed by atoms with E-state index in [1.165, 1.54) is 0 Å². The van der Waals surface area contributed by atoms with Crippen LogP contribution in [0.3, 0.4) is 0 Å². The molecular formula is C12H24N4O. The van der Waals surface area contributed by atoms with Gasteiger partial charge in [-0.15, -0.1) is 5.10 Å². The standard InChI is InChI=1S/C12H24N4O/c1-6-7-16-9(8-14-15-16)10(13)11(17-5)12(2,3)4/h8,10-11H,6-7,13H2,1-5H3. The van der Waals surface area contributed by atoms with Crippen LogP contribution in [-0.4, -0.2) is 28.2 Å². The number of aryl methyl sites for hydroxylation is 1. The van der Waals surface area contributed by atoms with Crippen LogP contribution in [0.15, 0.2) is 6.20 Å². The summed E-state index contributed by atoms with van der Waals surface area (Å²) < 4.78 is 7.40. The summed E-state index contributed by atoms with van der Waals surface area (Å²) in [5, 5.41) is 7.99. The van der Waals surface area contributed by atoms with Gasteiger partial charge in [-0.25, -0.2) is 4.68 Å². The van der Waals surface area contributed by atoms with Gasteiger partial charge in [-0.05, 0) is 11.8 Å². The highest BCUT2D eigenvalue weighted by Gasteiger charge is 2.33. The van der Waals surface area contributed by atoms with E-state index in [2.05, 4.69) is 38.0 Å². The SMILES string of the molecule is CCCn1nncc1C(N)C(OC)C(C)(C)C. The lowest BCUT2D eigenvalue weighted by Gasteiger charge is -2.33. The number of nitrogens with two attached hydrogens (primary N) is 1. The summed E-state index contributed by atoms with van der Waals surface area (Å²) in [5.74, 6) is 0. The molecule has 0 spiro atoms. The Kier molecular flexibility index (Phi) is 4.65. The molecule has 2 atom stereocenters. The lowest BCUT2D eigenvalue weighted by atomic mass is 9.84. The van der Waals surface area contributed by atoms with Gasteiger partial charge >= 0.3 is 0 Å². The smallest absolute Gasteiger partial charge is 0.0827 e. The van der Waals surface area contributed by atoms with Gasteiger partial charge in [-0.3, -0.25) is 0 Å². The molecule has 0 radical (unpaired) electrons. The van der Waals surface area contributed by atoms with Crippen LogP contribution in [0.5, 0.6) is 0 Å². The minimum atomic E-state index is -0.207. The summed E-state index contributed by atoms with van der Waals surface area (Å²) in [6.45, 7) is 9.30. The second-order valence-corrected chi connectivity index (χ2v) is 5.43. The van der Waals surface area contributed by atoms with E-state index in [1.54, 1.807) is 13.3 Å². The third-order valence-electron chi connectivity index (χ3n) is 2.86. The molecule has 0 saturated heterocycles. The summed E-state index contributed by atoms with van der Waals surface area (Å²) >= 11 is 0. The van der Waals surface area contributed by atoms with Crippen LogP contribution in [0.4, 0.5) is 0 Å². The van der Waals surface area contributed by atoms with E-state index >= 15 is 0 Å². The van der Waals surface area contributed by atoms with Crippen molar-refractivity contribution in [2.24, 2.45) is 11.1 Å². The van der Waals surface area contributed by atoms with Gasteiger partial charge in [0.1, 0.15) is 0 Å². The van der Waals surface area contributed by atoms with Crippen molar-refractivity contribution in [3.8, 4) is 0 Å². The minimum absolute atomic E-state index is 0.0184. The molecule has 17 heavy (non-hydrogen) atoms. The van der Waals surface area contributed by atoms with Gasteiger partial charge in [0.15, 0.2) is 0 Å². The maximum absolute atomic E-state index is 6.29. The predicted molar refractivity (Wildman–Crippen MR) is 67.5 cm³/mol. The fourth-order valence-corrected chi connectivity index (χ4v) is 2.10. The van der Waals surface area contributed by atoms with Crippen molar-refractivity contribution in [1.82, 2.24) is 15.0 Å². The van der Waals surface area contributed by atoms with E-state index in [0.717, 1.165) is 18.7 Å². The summed E-state index contributed by atoms with van der Waals surface area (Å²) in [6, 6.07) is -0.207. The normalized spacial score (nSPS) is 15.9. The second kappa shape index (κ2) is 5.60. The number of hydrogen-bond acceptors (Lipinski definition) is 4. The van der Waals surface area contributed by atoms with Gasteiger partial charge in [0.25, 0.3) is 0 Å². The van der Waals surface area contributed by atoms with E-state index in [4.69, 9.17) is 10.5 Å². The van der Waals surface area contributed by atoms with E-state index in [0.29, 0.717) is 0 Å². The zero-order valence-electron chi connectivity index (χ0n) is 11.5.